The van der Waals surface area contributed by atoms with Crippen molar-refractivity contribution >= 4 is 23.6 Å². The molecule has 1 aliphatic carbocycles. The molecule has 1 aromatic carbocycles. The number of thioether (sulfide) groups is 1. The molecule has 6 atom stereocenters. The van der Waals surface area contributed by atoms with Gasteiger partial charge in [-0.15, -0.1) is 17.2 Å². The third kappa shape index (κ3) is 8.66. The number of aliphatic hydroxyl groups excluding tert-OH is 3. The van der Waals surface area contributed by atoms with Crippen molar-refractivity contribution in [2.45, 2.75) is 107 Å². The Morgan fingerprint density at radius 1 is 1.11 bits per heavy atom. The Hall–Kier alpha value is -1.69. The van der Waals surface area contributed by atoms with Crippen molar-refractivity contribution < 1.29 is 34.5 Å². The normalized spacial score (nSPS) is 27.9. The van der Waals surface area contributed by atoms with Crippen LogP contribution in [0.4, 0.5) is 0 Å². The lowest BCUT2D eigenvalue weighted by Crippen LogP contribution is -2.65. The van der Waals surface area contributed by atoms with Gasteiger partial charge in [-0.1, -0.05) is 49.6 Å². The largest absolute Gasteiger partial charge is 0.394 e. The number of rotatable bonds is 10. The SMILES string of the molecule is CC(C)(C)C(=O)ON[C@@H](CCc1ccccc1)C(=O)N[C@@H]1[C@@H](O)[C@H](O)[C@@H](CO)O[C@@H]1SC1CCCCC1. The first-order valence-electron chi connectivity index (χ1n) is 13.2. The minimum absolute atomic E-state index is 0.305. The fourth-order valence-electron chi connectivity index (χ4n) is 4.48. The molecule has 1 heterocycles. The highest BCUT2D eigenvalue weighted by Gasteiger charge is 2.46. The van der Waals surface area contributed by atoms with E-state index in [1.807, 2.05) is 30.3 Å². The van der Waals surface area contributed by atoms with Gasteiger partial charge in [0.1, 0.15) is 29.8 Å². The summed E-state index contributed by atoms with van der Waals surface area (Å²) in [4.78, 5) is 31.1. The molecule has 1 aromatic rings. The number of carbonyl (C=O) groups is 2. The van der Waals surface area contributed by atoms with Crippen LogP contribution >= 0.6 is 11.8 Å². The van der Waals surface area contributed by atoms with E-state index in [-0.39, 0.29) is 0 Å². The summed E-state index contributed by atoms with van der Waals surface area (Å²) in [6.45, 7) is 4.72. The molecule has 1 amide bonds. The predicted molar refractivity (Wildman–Crippen MR) is 141 cm³/mol. The van der Waals surface area contributed by atoms with Crippen molar-refractivity contribution in [1.29, 1.82) is 0 Å². The maximum Gasteiger partial charge on any atom is 0.330 e. The van der Waals surface area contributed by atoms with Crippen molar-refractivity contribution in [3.8, 4) is 0 Å². The van der Waals surface area contributed by atoms with Crippen LogP contribution in [0.3, 0.4) is 0 Å². The van der Waals surface area contributed by atoms with Gasteiger partial charge in [-0.3, -0.25) is 4.79 Å². The highest BCUT2D eigenvalue weighted by molar-refractivity contribution is 8.00. The van der Waals surface area contributed by atoms with Gasteiger partial charge in [0, 0.05) is 5.25 Å². The van der Waals surface area contributed by atoms with Crippen LogP contribution in [0.1, 0.15) is 64.9 Å². The minimum atomic E-state index is -1.35. The minimum Gasteiger partial charge on any atom is -0.394 e. The van der Waals surface area contributed by atoms with E-state index in [0.29, 0.717) is 18.1 Å². The molecule has 1 saturated carbocycles. The highest BCUT2D eigenvalue weighted by Crippen LogP contribution is 2.36. The second-order valence-corrected chi connectivity index (χ2v) is 12.4. The van der Waals surface area contributed by atoms with Gasteiger partial charge in [-0.05, 0) is 52.0 Å². The van der Waals surface area contributed by atoms with Crippen LogP contribution in [0.5, 0.6) is 0 Å². The Kier molecular flexibility index (Phi) is 11.2. The number of aryl methyl sites for hydroxylation is 1. The Morgan fingerprint density at radius 2 is 1.78 bits per heavy atom. The Morgan fingerprint density at radius 3 is 2.41 bits per heavy atom. The molecule has 9 nitrogen and oxygen atoms in total. The van der Waals surface area contributed by atoms with E-state index >= 15 is 0 Å². The van der Waals surface area contributed by atoms with E-state index in [2.05, 4.69) is 10.8 Å². The third-order valence-electron chi connectivity index (χ3n) is 6.86. The zero-order chi connectivity index (χ0) is 27.0. The van der Waals surface area contributed by atoms with Crippen LogP contribution < -0.4 is 10.8 Å². The fraction of sp³-hybridized carbons (Fsp3) is 0.704. The first-order chi connectivity index (χ1) is 17.6. The van der Waals surface area contributed by atoms with E-state index in [1.165, 1.54) is 18.2 Å². The molecule has 0 unspecified atom stereocenters. The van der Waals surface area contributed by atoms with Crippen LogP contribution in [0.2, 0.25) is 0 Å². The van der Waals surface area contributed by atoms with Gasteiger partial charge in [-0.25, -0.2) is 4.79 Å². The van der Waals surface area contributed by atoms with Gasteiger partial charge < -0.3 is 30.2 Å². The monoisotopic (exact) mass is 538 g/mol. The van der Waals surface area contributed by atoms with Gasteiger partial charge >= 0.3 is 5.97 Å². The molecule has 208 valence electrons. The molecule has 0 aromatic heterocycles. The zero-order valence-electron chi connectivity index (χ0n) is 22.0. The first-order valence-corrected chi connectivity index (χ1v) is 14.1. The lowest BCUT2D eigenvalue weighted by molar-refractivity contribution is -0.175. The average Bonchev–Trinajstić information content (AvgIpc) is 2.88. The molecule has 0 spiro atoms. The molecule has 2 aliphatic rings. The molecular formula is C27H42N2O7S. The molecule has 1 aliphatic heterocycles. The molecule has 0 bridgehead atoms. The molecule has 5 N–H and O–H groups in total. The van der Waals surface area contributed by atoms with Gasteiger partial charge in [0.15, 0.2) is 0 Å². The number of hydroxylamine groups is 1. The maximum absolute atomic E-state index is 13.5. The first kappa shape index (κ1) is 29.9. The Balaban J connectivity index is 1.74. The summed E-state index contributed by atoms with van der Waals surface area (Å²) in [5, 5.41) is 34.3. The van der Waals surface area contributed by atoms with Crippen molar-refractivity contribution in [3.63, 3.8) is 0 Å². The summed E-state index contributed by atoms with van der Waals surface area (Å²) in [5.41, 5.74) is 2.26. The van der Waals surface area contributed by atoms with Crippen molar-refractivity contribution in [1.82, 2.24) is 10.8 Å². The van der Waals surface area contributed by atoms with E-state index in [4.69, 9.17) is 9.57 Å². The quantitative estimate of drug-likeness (QED) is 0.284. The number of hydrogen-bond acceptors (Lipinski definition) is 9. The molecule has 37 heavy (non-hydrogen) atoms. The number of carbonyl (C=O) groups excluding carboxylic acids is 2. The van der Waals surface area contributed by atoms with Gasteiger partial charge in [0.2, 0.25) is 5.91 Å². The Labute approximate surface area is 223 Å². The summed E-state index contributed by atoms with van der Waals surface area (Å²) in [6.07, 6.45) is 2.69. The molecule has 3 rings (SSSR count). The topological polar surface area (TPSA) is 137 Å². The Bertz CT molecular complexity index is 860. The van der Waals surface area contributed by atoms with E-state index in [1.54, 1.807) is 20.8 Å². The van der Waals surface area contributed by atoms with Crippen molar-refractivity contribution in [3.05, 3.63) is 35.9 Å². The van der Waals surface area contributed by atoms with Crippen LogP contribution in [-0.4, -0.2) is 74.9 Å². The maximum atomic E-state index is 13.5. The summed E-state index contributed by atoms with van der Waals surface area (Å²) in [7, 11) is 0. The molecule has 10 heteroatoms. The summed E-state index contributed by atoms with van der Waals surface area (Å²) in [6, 6.07) is 7.85. The number of ether oxygens (including phenoxy) is 1. The molecule has 1 saturated heterocycles. The third-order valence-corrected chi connectivity index (χ3v) is 8.38. The fourth-order valence-corrected chi connectivity index (χ4v) is 6.07. The highest BCUT2D eigenvalue weighted by atomic mass is 32.2. The van der Waals surface area contributed by atoms with E-state index in [9.17, 15) is 24.9 Å². The summed E-state index contributed by atoms with van der Waals surface area (Å²) < 4.78 is 5.97. The van der Waals surface area contributed by atoms with E-state index in [0.717, 1.165) is 31.2 Å². The second kappa shape index (κ2) is 13.9. The van der Waals surface area contributed by atoms with Crippen LogP contribution in [0.25, 0.3) is 0 Å². The summed E-state index contributed by atoms with van der Waals surface area (Å²) >= 11 is 1.54. The standard InChI is InChI=1S/C27H42N2O7S/c1-27(2,3)26(34)36-29-19(15-14-17-10-6-4-7-11-17)24(33)28-21-23(32)22(31)20(16-30)35-25(21)37-18-12-8-5-9-13-18/h4,6-7,10-11,18-23,25,29-32H,5,8-9,12-16H2,1-3H3,(H,28,33)/t19-,20+,21+,22+,23+,25+/m0/s1. The lowest BCUT2D eigenvalue weighted by atomic mass is 9.97. The van der Waals surface area contributed by atoms with Crippen LogP contribution in [-0.2, 0) is 25.6 Å². The van der Waals surface area contributed by atoms with Crippen molar-refractivity contribution in [2.75, 3.05) is 6.61 Å². The number of amides is 1. The molecule has 0 radical (unpaired) electrons. The predicted octanol–water partition coefficient (Wildman–Crippen LogP) is 2.07. The molecule has 2 fully saturated rings. The van der Waals surface area contributed by atoms with E-state index < -0.39 is 59.7 Å². The van der Waals surface area contributed by atoms with Gasteiger partial charge in [-0.2, -0.15) is 0 Å². The lowest BCUT2D eigenvalue weighted by Gasteiger charge is -2.44. The second-order valence-electron chi connectivity index (χ2n) is 11.0. The summed E-state index contributed by atoms with van der Waals surface area (Å²) in [5.74, 6) is -0.979. The van der Waals surface area contributed by atoms with Crippen LogP contribution in [0, 0.1) is 5.41 Å². The smallest absolute Gasteiger partial charge is 0.330 e. The number of nitrogens with one attached hydrogen (secondary N) is 2. The zero-order valence-corrected chi connectivity index (χ0v) is 22.8. The van der Waals surface area contributed by atoms with Gasteiger partial charge in [0.25, 0.3) is 0 Å². The molecular weight excluding hydrogens is 496 g/mol. The number of aliphatic hydroxyl groups is 3. The average molecular weight is 539 g/mol. The number of hydrogen-bond donors (Lipinski definition) is 5. The number of benzene rings is 1. The van der Waals surface area contributed by atoms with Crippen LogP contribution in [0.15, 0.2) is 30.3 Å². The van der Waals surface area contributed by atoms with Gasteiger partial charge in [0.05, 0.1) is 18.1 Å². The van der Waals surface area contributed by atoms with Crippen molar-refractivity contribution in [2.24, 2.45) is 5.41 Å².